The lowest BCUT2D eigenvalue weighted by Gasteiger charge is -2.25. The molecule has 0 radical (unpaired) electrons. The van der Waals surface area contributed by atoms with Crippen molar-refractivity contribution in [3.05, 3.63) is 100 Å². The Bertz CT molecular complexity index is 1410. The summed E-state index contributed by atoms with van der Waals surface area (Å²) < 4.78 is 44.9. The Hall–Kier alpha value is -4.45. The Kier molecular flexibility index (Phi) is 5.91. The van der Waals surface area contributed by atoms with Gasteiger partial charge in [-0.2, -0.15) is 18.4 Å². The maximum absolute atomic E-state index is 13.2. The van der Waals surface area contributed by atoms with E-state index in [1.165, 1.54) is 43.3 Å². The minimum atomic E-state index is -4.66. The summed E-state index contributed by atoms with van der Waals surface area (Å²) >= 11 is 0. The van der Waals surface area contributed by atoms with Crippen molar-refractivity contribution in [2.24, 2.45) is 0 Å². The van der Waals surface area contributed by atoms with Gasteiger partial charge in [-0.3, -0.25) is 14.4 Å². The van der Waals surface area contributed by atoms with Crippen LogP contribution < -0.4 is 10.1 Å². The summed E-state index contributed by atoms with van der Waals surface area (Å²) in [7, 11) is 0. The number of benzene rings is 3. The van der Waals surface area contributed by atoms with E-state index in [4.69, 9.17) is 4.74 Å². The Labute approximate surface area is 197 Å². The number of hydrogen-bond acceptors (Lipinski definition) is 5. The molecular formula is C26H17F3N2O4. The third-order valence-electron chi connectivity index (χ3n) is 5.53. The number of nitriles is 1. The number of halogens is 3. The summed E-state index contributed by atoms with van der Waals surface area (Å²) in [5.41, 5.74) is -2.00. The predicted octanol–water partition coefficient (Wildman–Crippen LogP) is 4.57. The highest BCUT2D eigenvalue weighted by Crippen LogP contribution is 2.36. The second-order valence-corrected chi connectivity index (χ2v) is 8.14. The number of ether oxygens (including phenoxy) is 1. The fourth-order valence-electron chi connectivity index (χ4n) is 3.71. The monoisotopic (exact) mass is 478 g/mol. The van der Waals surface area contributed by atoms with Crippen molar-refractivity contribution in [1.29, 1.82) is 5.26 Å². The highest BCUT2D eigenvalue weighted by molar-refractivity contribution is 6.28. The van der Waals surface area contributed by atoms with Crippen LogP contribution in [0.15, 0.2) is 66.7 Å². The van der Waals surface area contributed by atoms with Gasteiger partial charge in [0.1, 0.15) is 12.4 Å². The quantitative estimate of drug-likeness (QED) is 0.453. The third-order valence-corrected chi connectivity index (χ3v) is 5.53. The van der Waals surface area contributed by atoms with E-state index in [9.17, 15) is 32.8 Å². The molecule has 176 valence electrons. The topological polar surface area (TPSA) is 96.3 Å². The van der Waals surface area contributed by atoms with Crippen molar-refractivity contribution in [1.82, 2.24) is 5.32 Å². The minimum Gasteiger partial charge on any atom is -0.489 e. The molecule has 0 heterocycles. The van der Waals surface area contributed by atoms with Gasteiger partial charge >= 0.3 is 6.18 Å². The Morgan fingerprint density at radius 2 is 1.49 bits per heavy atom. The molecule has 1 aliphatic rings. The first-order valence-corrected chi connectivity index (χ1v) is 10.4. The van der Waals surface area contributed by atoms with Gasteiger partial charge in [-0.05, 0) is 37.3 Å². The summed E-state index contributed by atoms with van der Waals surface area (Å²) in [4.78, 5) is 38.5. The number of hydrogen-bond donors (Lipinski definition) is 1. The van der Waals surface area contributed by atoms with Crippen LogP contribution in [0.4, 0.5) is 13.2 Å². The molecule has 0 aliphatic heterocycles. The lowest BCUT2D eigenvalue weighted by atomic mass is 9.83. The van der Waals surface area contributed by atoms with E-state index < -0.39 is 41.3 Å². The summed E-state index contributed by atoms with van der Waals surface area (Å²) in [6.07, 6.45) is -4.66. The Balaban J connectivity index is 1.55. The molecule has 1 unspecified atom stereocenters. The number of alkyl halides is 3. The van der Waals surface area contributed by atoms with E-state index in [2.05, 4.69) is 5.32 Å². The van der Waals surface area contributed by atoms with Crippen molar-refractivity contribution in [3.8, 4) is 11.8 Å². The largest absolute Gasteiger partial charge is 0.489 e. The molecule has 1 N–H and O–H groups in total. The Morgan fingerprint density at radius 3 is 2.11 bits per heavy atom. The molecule has 0 spiro atoms. The van der Waals surface area contributed by atoms with Gasteiger partial charge in [-0.15, -0.1) is 0 Å². The Morgan fingerprint density at radius 1 is 0.914 bits per heavy atom. The van der Waals surface area contributed by atoms with E-state index in [1.54, 1.807) is 18.2 Å². The molecule has 3 aromatic rings. The number of amides is 1. The number of para-hydroxylation sites is 1. The molecule has 6 nitrogen and oxygen atoms in total. The average molecular weight is 478 g/mol. The standard InChI is InChI=1S/C26H17F3N2O4/c1-25(13-30,14-35-21-9-5-4-8-20(21)26(27,28)29)31-24(34)15-10-11-18-19(12-15)23(33)17-7-3-2-6-16(17)22(18)32/h2-12H,14H2,1H3,(H,31,34). The highest BCUT2D eigenvalue weighted by atomic mass is 19.4. The van der Waals surface area contributed by atoms with Crippen LogP contribution >= 0.6 is 0 Å². The second-order valence-electron chi connectivity index (χ2n) is 8.14. The van der Waals surface area contributed by atoms with Crippen LogP contribution in [-0.4, -0.2) is 29.6 Å². The van der Waals surface area contributed by atoms with Gasteiger partial charge in [0.05, 0.1) is 11.6 Å². The van der Waals surface area contributed by atoms with Gasteiger partial charge in [0, 0.05) is 27.8 Å². The molecule has 1 aliphatic carbocycles. The number of nitrogens with zero attached hydrogens (tertiary/aromatic N) is 1. The number of rotatable bonds is 5. The molecule has 0 aromatic heterocycles. The molecule has 1 atom stereocenters. The van der Waals surface area contributed by atoms with Gasteiger partial charge in [0.25, 0.3) is 5.91 Å². The van der Waals surface area contributed by atoms with Crippen LogP contribution in [0.5, 0.6) is 5.75 Å². The molecule has 0 bridgehead atoms. The number of nitrogens with one attached hydrogen (secondary N) is 1. The van der Waals surface area contributed by atoms with E-state index in [0.717, 1.165) is 12.1 Å². The first-order chi connectivity index (χ1) is 16.5. The van der Waals surface area contributed by atoms with E-state index in [0.29, 0.717) is 0 Å². The fourth-order valence-corrected chi connectivity index (χ4v) is 3.71. The number of fused-ring (bicyclic) bond motifs is 2. The maximum Gasteiger partial charge on any atom is 0.419 e. The molecule has 1 amide bonds. The van der Waals surface area contributed by atoms with Crippen LogP contribution in [0.2, 0.25) is 0 Å². The zero-order valence-electron chi connectivity index (χ0n) is 18.3. The van der Waals surface area contributed by atoms with E-state index >= 15 is 0 Å². The molecule has 3 aromatic carbocycles. The van der Waals surface area contributed by atoms with Crippen molar-refractivity contribution in [3.63, 3.8) is 0 Å². The van der Waals surface area contributed by atoms with Crippen LogP contribution in [-0.2, 0) is 6.18 Å². The molecule has 0 fully saturated rings. The van der Waals surface area contributed by atoms with Gasteiger partial charge < -0.3 is 10.1 Å². The highest BCUT2D eigenvalue weighted by Gasteiger charge is 2.36. The lowest BCUT2D eigenvalue weighted by Crippen LogP contribution is -2.49. The van der Waals surface area contributed by atoms with Gasteiger partial charge in [0.2, 0.25) is 0 Å². The maximum atomic E-state index is 13.2. The van der Waals surface area contributed by atoms with Crippen LogP contribution in [0.25, 0.3) is 0 Å². The molecule has 9 heteroatoms. The molecule has 0 saturated heterocycles. The SMILES string of the molecule is CC(C#N)(COc1ccccc1C(F)(F)F)NC(=O)c1ccc2c(c1)C(=O)c1ccccc1C2=O. The van der Waals surface area contributed by atoms with Crippen LogP contribution in [0, 0.1) is 11.3 Å². The van der Waals surface area contributed by atoms with Crippen LogP contribution in [0.1, 0.15) is 54.7 Å². The zero-order chi connectivity index (χ0) is 25.4. The molecular weight excluding hydrogens is 461 g/mol. The molecule has 4 rings (SSSR count). The number of carbonyl (C=O) groups excluding carboxylic acids is 3. The first kappa shape index (κ1) is 23.7. The number of carbonyl (C=O) groups is 3. The van der Waals surface area contributed by atoms with Crippen LogP contribution in [0.3, 0.4) is 0 Å². The van der Waals surface area contributed by atoms with Gasteiger partial charge in [-0.25, -0.2) is 0 Å². The molecule has 0 saturated carbocycles. The summed E-state index contributed by atoms with van der Waals surface area (Å²) in [5.74, 6) is -2.00. The fraction of sp³-hybridized carbons (Fsp3) is 0.154. The van der Waals surface area contributed by atoms with Gasteiger partial charge in [0.15, 0.2) is 17.1 Å². The second kappa shape index (κ2) is 8.72. The summed E-state index contributed by atoms with van der Waals surface area (Å²) in [6.45, 7) is 0.725. The predicted molar refractivity (Wildman–Crippen MR) is 118 cm³/mol. The first-order valence-electron chi connectivity index (χ1n) is 10.4. The zero-order valence-corrected chi connectivity index (χ0v) is 18.3. The average Bonchev–Trinajstić information content (AvgIpc) is 2.85. The lowest BCUT2D eigenvalue weighted by molar-refractivity contribution is -0.139. The minimum absolute atomic E-state index is 0.00134. The van der Waals surface area contributed by atoms with E-state index in [-0.39, 0.29) is 33.6 Å². The number of ketones is 2. The van der Waals surface area contributed by atoms with E-state index in [1.807, 2.05) is 6.07 Å². The third kappa shape index (κ3) is 4.51. The summed E-state index contributed by atoms with van der Waals surface area (Å²) in [5, 5.41) is 12.0. The van der Waals surface area contributed by atoms with Crippen molar-refractivity contribution in [2.45, 2.75) is 18.6 Å². The van der Waals surface area contributed by atoms with Crippen molar-refractivity contribution in [2.75, 3.05) is 6.61 Å². The molecule has 35 heavy (non-hydrogen) atoms. The van der Waals surface area contributed by atoms with Crippen molar-refractivity contribution < 1.29 is 32.3 Å². The summed E-state index contributed by atoms with van der Waals surface area (Å²) in [6, 6.07) is 16.7. The van der Waals surface area contributed by atoms with Gasteiger partial charge in [-0.1, -0.05) is 36.4 Å². The normalized spacial score (nSPS) is 14.3. The van der Waals surface area contributed by atoms with Crippen molar-refractivity contribution >= 4 is 17.5 Å². The smallest absolute Gasteiger partial charge is 0.419 e.